The van der Waals surface area contributed by atoms with Crippen LogP contribution in [0.5, 0.6) is 11.5 Å². The number of anilines is 2. The number of nitrogens with two attached hydrogens (primary N) is 2. The number of nitrogens with zero attached hydrogens (tertiary/aromatic N) is 2. The standard InChI is InChI=1S/C54H74N10O14/c1-53(2,3)77-51(73)61-39(47(69)59-41-17-11-27-63(49(41)71)33-43(55)65)15-7-9-25-57-45(67)19-13-29-75-37-23-21-35-22-24-38(32-36(35)31-37)76-30-14-20-46(68)58-26-10-8-16-40(62-52(74)78-54(4,5)6)48(70)60-42-18-12-28-64(50(42)72)34-44(56)66/h11-12,17-18,21-24,27-28,31-32,39-40H,7-10,13-16,19-20,25-26,29-30,33-34H2,1-6H3,(H2,55,65)(H2,56,66)(H,57,67)(H,58,68)(H,59,69)(H,60,70)(H,61,73)(H,62,74)/t39-,40+. The summed E-state index contributed by atoms with van der Waals surface area (Å²) in [5.41, 5.74) is 7.31. The Morgan fingerprint density at radius 3 is 1.31 bits per heavy atom. The van der Waals surface area contributed by atoms with Gasteiger partial charge in [-0.3, -0.25) is 38.4 Å². The number of primary amides is 2. The van der Waals surface area contributed by atoms with Crippen molar-refractivity contribution in [2.75, 3.05) is 36.9 Å². The van der Waals surface area contributed by atoms with Crippen LogP contribution in [-0.4, -0.2) is 106 Å². The Hall–Kier alpha value is -8.44. The summed E-state index contributed by atoms with van der Waals surface area (Å²) in [7, 11) is 0. The topological polar surface area (TPSA) is 342 Å². The van der Waals surface area contributed by atoms with Crippen molar-refractivity contribution in [1.29, 1.82) is 0 Å². The lowest BCUT2D eigenvalue weighted by molar-refractivity contribution is -0.122. The lowest BCUT2D eigenvalue weighted by Crippen LogP contribution is -2.46. The first-order chi connectivity index (χ1) is 36.8. The monoisotopic (exact) mass is 1090 g/mol. The molecular weight excluding hydrogens is 1010 g/mol. The van der Waals surface area contributed by atoms with Crippen LogP contribution in [0.2, 0.25) is 0 Å². The Morgan fingerprint density at radius 2 is 0.936 bits per heavy atom. The van der Waals surface area contributed by atoms with Crippen LogP contribution in [0, 0.1) is 0 Å². The van der Waals surface area contributed by atoms with Crippen molar-refractivity contribution in [1.82, 2.24) is 30.4 Å². The van der Waals surface area contributed by atoms with Crippen molar-refractivity contribution in [3.63, 3.8) is 0 Å². The van der Waals surface area contributed by atoms with Crippen molar-refractivity contribution in [2.45, 2.75) is 142 Å². The second-order valence-electron chi connectivity index (χ2n) is 20.3. The van der Waals surface area contributed by atoms with E-state index in [0.29, 0.717) is 63.1 Å². The van der Waals surface area contributed by atoms with Crippen molar-refractivity contribution in [3.8, 4) is 11.5 Å². The largest absolute Gasteiger partial charge is 0.494 e. The van der Waals surface area contributed by atoms with Gasteiger partial charge in [0.2, 0.25) is 35.4 Å². The summed E-state index contributed by atoms with van der Waals surface area (Å²) >= 11 is 0. The normalized spacial score (nSPS) is 12.0. The molecule has 4 aromatic rings. The van der Waals surface area contributed by atoms with E-state index < -0.39 is 70.2 Å². The van der Waals surface area contributed by atoms with Crippen LogP contribution >= 0.6 is 0 Å². The zero-order valence-electron chi connectivity index (χ0n) is 45.2. The fourth-order valence-electron chi connectivity index (χ4n) is 7.53. The van der Waals surface area contributed by atoms with Crippen molar-refractivity contribution >= 4 is 69.8 Å². The van der Waals surface area contributed by atoms with Crippen LogP contribution < -0.4 is 64.0 Å². The summed E-state index contributed by atoms with van der Waals surface area (Å²) in [5, 5.41) is 17.7. The quantitative estimate of drug-likeness (QED) is 0.0341. The number of benzene rings is 2. The molecular formula is C54H74N10O14. The number of rotatable bonds is 30. The highest BCUT2D eigenvalue weighted by Crippen LogP contribution is 2.26. The number of hydrogen-bond acceptors (Lipinski definition) is 14. The molecule has 424 valence electrons. The lowest BCUT2D eigenvalue weighted by atomic mass is 10.1. The molecule has 2 aromatic heterocycles. The number of amides is 8. The molecule has 0 spiro atoms. The van der Waals surface area contributed by atoms with Gasteiger partial charge in [0, 0.05) is 38.3 Å². The highest BCUT2D eigenvalue weighted by molar-refractivity contribution is 5.97. The van der Waals surface area contributed by atoms with Gasteiger partial charge in [-0.2, -0.15) is 0 Å². The number of ether oxygens (including phenoxy) is 4. The van der Waals surface area contributed by atoms with Crippen LogP contribution in [0.1, 0.15) is 106 Å². The van der Waals surface area contributed by atoms with Gasteiger partial charge in [0.1, 0.15) is 59.2 Å². The summed E-state index contributed by atoms with van der Waals surface area (Å²) in [6.45, 7) is 10.5. The van der Waals surface area contributed by atoms with Gasteiger partial charge in [-0.25, -0.2) is 9.59 Å². The van der Waals surface area contributed by atoms with Crippen LogP contribution in [-0.2, 0) is 51.3 Å². The van der Waals surface area contributed by atoms with Gasteiger partial charge < -0.3 is 71.4 Å². The summed E-state index contributed by atoms with van der Waals surface area (Å²) in [6.07, 6.45) is 4.54. The summed E-state index contributed by atoms with van der Waals surface area (Å²) in [6, 6.07) is 14.8. The Bertz CT molecular complexity index is 2670. The molecule has 8 amide bonds. The maximum absolute atomic E-state index is 13.3. The number of alkyl carbamates (subject to hydrolysis) is 2. The van der Waals surface area contributed by atoms with E-state index in [1.54, 1.807) is 41.5 Å². The van der Waals surface area contributed by atoms with Crippen LogP contribution in [0.15, 0.2) is 82.6 Å². The Kier molecular flexibility index (Phi) is 24.2. The average molecular weight is 1090 g/mol. The second-order valence-corrected chi connectivity index (χ2v) is 20.3. The minimum Gasteiger partial charge on any atom is -0.494 e. The molecule has 10 N–H and O–H groups in total. The van der Waals surface area contributed by atoms with Gasteiger partial charge >= 0.3 is 12.2 Å². The molecule has 2 heterocycles. The molecule has 0 saturated heterocycles. The highest BCUT2D eigenvalue weighted by Gasteiger charge is 2.27. The van der Waals surface area contributed by atoms with E-state index >= 15 is 0 Å². The molecule has 0 bridgehead atoms. The fourth-order valence-corrected chi connectivity index (χ4v) is 7.53. The van der Waals surface area contributed by atoms with Gasteiger partial charge in [-0.15, -0.1) is 0 Å². The number of pyridine rings is 2. The van der Waals surface area contributed by atoms with Crippen molar-refractivity contribution in [2.24, 2.45) is 11.5 Å². The van der Waals surface area contributed by atoms with Crippen LogP contribution in [0.25, 0.3) is 10.8 Å². The van der Waals surface area contributed by atoms with Crippen LogP contribution in [0.3, 0.4) is 0 Å². The molecule has 2 atom stereocenters. The number of nitrogens with one attached hydrogen (secondary N) is 6. The number of fused-ring (bicyclic) bond motifs is 1. The van der Waals surface area contributed by atoms with Gasteiger partial charge in [0.15, 0.2) is 0 Å². The molecule has 0 radical (unpaired) electrons. The third kappa shape index (κ3) is 23.2. The van der Waals surface area contributed by atoms with Crippen molar-refractivity contribution in [3.05, 3.63) is 93.8 Å². The van der Waals surface area contributed by atoms with Gasteiger partial charge in [-0.1, -0.05) is 12.1 Å². The van der Waals surface area contributed by atoms with E-state index in [9.17, 15) is 47.9 Å². The third-order valence-corrected chi connectivity index (χ3v) is 11.1. The molecule has 0 aliphatic carbocycles. The lowest BCUT2D eigenvalue weighted by Gasteiger charge is -2.23. The molecule has 0 aliphatic heterocycles. The van der Waals surface area contributed by atoms with E-state index in [1.165, 1.54) is 36.7 Å². The first kappa shape index (κ1) is 62.1. The van der Waals surface area contributed by atoms with E-state index in [0.717, 1.165) is 19.9 Å². The average Bonchev–Trinajstić information content (AvgIpc) is 3.34. The predicted octanol–water partition coefficient (Wildman–Crippen LogP) is 4.09. The first-order valence-corrected chi connectivity index (χ1v) is 25.7. The van der Waals surface area contributed by atoms with Gasteiger partial charge in [0.25, 0.3) is 11.1 Å². The zero-order valence-corrected chi connectivity index (χ0v) is 45.2. The van der Waals surface area contributed by atoms with Crippen molar-refractivity contribution < 1.29 is 57.3 Å². The molecule has 24 heteroatoms. The maximum atomic E-state index is 13.3. The minimum atomic E-state index is -1.08. The molecule has 0 aliphatic rings. The molecule has 0 unspecified atom stereocenters. The van der Waals surface area contributed by atoms with E-state index in [1.807, 2.05) is 36.4 Å². The minimum absolute atomic E-state index is 0.0991. The molecule has 4 rings (SSSR count). The number of unbranched alkanes of at least 4 members (excludes halogenated alkanes) is 2. The number of carbonyl (C=O) groups is 8. The maximum Gasteiger partial charge on any atom is 0.408 e. The predicted molar refractivity (Wildman–Crippen MR) is 290 cm³/mol. The molecule has 2 aromatic carbocycles. The molecule has 24 nitrogen and oxygen atoms in total. The SMILES string of the molecule is CC(C)(C)OC(=O)N[C@@H](CCCCNC(=O)CCCOc1ccc2ccc(OCCCC(=O)NCCCC[C@@H](NC(=O)OC(C)(C)C)C(=O)Nc3cccn(CC(N)=O)c3=O)cc2c1)C(=O)Nc1cccn(CC(N)=O)c1=O. The van der Waals surface area contributed by atoms with Gasteiger partial charge in [0.05, 0.1) is 13.2 Å². The number of aromatic nitrogens is 2. The smallest absolute Gasteiger partial charge is 0.408 e. The van der Waals surface area contributed by atoms with E-state index in [-0.39, 0.29) is 75.2 Å². The Balaban J connectivity index is 1.14. The number of carbonyl (C=O) groups excluding carboxylic acids is 8. The zero-order chi connectivity index (χ0) is 57.4. The summed E-state index contributed by atoms with van der Waals surface area (Å²) in [4.78, 5) is 125. The van der Waals surface area contributed by atoms with Crippen LogP contribution in [0.4, 0.5) is 21.0 Å². The molecule has 78 heavy (non-hydrogen) atoms. The third-order valence-electron chi connectivity index (χ3n) is 11.1. The fraction of sp³-hybridized carbons (Fsp3) is 0.481. The first-order valence-electron chi connectivity index (χ1n) is 25.7. The van der Waals surface area contributed by atoms with E-state index in [2.05, 4.69) is 31.9 Å². The van der Waals surface area contributed by atoms with Gasteiger partial charge in [-0.05, 0) is 152 Å². The Morgan fingerprint density at radius 1 is 0.538 bits per heavy atom. The highest BCUT2D eigenvalue weighted by atomic mass is 16.6. The second kappa shape index (κ2) is 30.3. The summed E-state index contributed by atoms with van der Waals surface area (Å²) in [5.74, 6) is -1.95. The Labute approximate surface area is 452 Å². The summed E-state index contributed by atoms with van der Waals surface area (Å²) < 4.78 is 24.7. The molecule has 0 saturated carbocycles. The molecule has 0 fully saturated rings. The number of hydrogen-bond donors (Lipinski definition) is 8. The van der Waals surface area contributed by atoms with E-state index in [4.69, 9.17) is 30.4 Å².